The van der Waals surface area contributed by atoms with Gasteiger partial charge in [-0.25, -0.2) is 0 Å². The zero-order chi connectivity index (χ0) is 20.7. The van der Waals surface area contributed by atoms with Gasteiger partial charge >= 0.3 is 0 Å². The monoisotopic (exact) mass is 414 g/mol. The maximum atomic E-state index is 13.4. The van der Waals surface area contributed by atoms with Crippen LogP contribution in [0.15, 0.2) is 78.9 Å². The number of aryl methyl sites for hydroxylation is 1. The third-order valence-electron chi connectivity index (χ3n) is 6.06. The lowest BCUT2D eigenvalue weighted by Gasteiger charge is -2.27. The zero-order valence-electron chi connectivity index (χ0n) is 16.9. The Hall–Kier alpha value is -3.04. The Balaban J connectivity index is 1.82. The molecule has 1 amide bonds. The van der Waals surface area contributed by atoms with Crippen LogP contribution in [-0.2, 0) is 7.05 Å². The second kappa shape index (κ2) is 7.66. The Morgan fingerprint density at radius 1 is 0.900 bits per heavy atom. The fraction of sp³-hybridized carbons (Fsp3) is 0.192. The number of rotatable bonds is 5. The fourth-order valence-corrected chi connectivity index (χ4v) is 4.91. The van der Waals surface area contributed by atoms with Crippen LogP contribution >= 0.6 is 11.6 Å². The van der Waals surface area contributed by atoms with E-state index in [1.165, 1.54) is 16.5 Å². The minimum Gasteiger partial charge on any atom is -0.343 e. The van der Waals surface area contributed by atoms with Crippen molar-refractivity contribution in [1.82, 2.24) is 9.47 Å². The van der Waals surface area contributed by atoms with E-state index >= 15 is 0 Å². The molecule has 4 aromatic rings. The largest absolute Gasteiger partial charge is 0.343 e. The minimum absolute atomic E-state index is 0.0904. The van der Waals surface area contributed by atoms with E-state index in [1.807, 2.05) is 29.2 Å². The van der Waals surface area contributed by atoms with E-state index in [1.54, 1.807) is 0 Å². The molecule has 0 fully saturated rings. The lowest BCUT2D eigenvalue weighted by Crippen LogP contribution is -2.30. The molecule has 3 aromatic carbocycles. The van der Waals surface area contributed by atoms with Gasteiger partial charge < -0.3 is 9.47 Å². The first kappa shape index (κ1) is 19.0. The van der Waals surface area contributed by atoms with Crippen molar-refractivity contribution in [3.8, 4) is 11.3 Å². The van der Waals surface area contributed by atoms with Crippen molar-refractivity contribution in [2.24, 2.45) is 7.05 Å². The summed E-state index contributed by atoms with van der Waals surface area (Å²) in [7, 11) is 2.11. The average molecular weight is 415 g/mol. The molecule has 0 spiro atoms. The fourth-order valence-electron chi connectivity index (χ4n) is 4.79. The number of aromatic nitrogens is 1. The van der Waals surface area contributed by atoms with Crippen LogP contribution in [0.25, 0.3) is 22.2 Å². The summed E-state index contributed by atoms with van der Waals surface area (Å²) in [5.74, 6) is 0.626. The van der Waals surface area contributed by atoms with Crippen molar-refractivity contribution in [2.45, 2.75) is 12.5 Å². The molecule has 30 heavy (non-hydrogen) atoms. The lowest BCUT2D eigenvalue weighted by atomic mass is 9.93. The van der Waals surface area contributed by atoms with E-state index in [0.29, 0.717) is 12.4 Å². The highest BCUT2D eigenvalue weighted by Crippen LogP contribution is 2.46. The summed E-state index contributed by atoms with van der Waals surface area (Å²) in [6.45, 7) is 0.638. The quantitative estimate of drug-likeness (QED) is 0.366. The minimum atomic E-state index is -0.127. The molecule has 0 unspecified atom stereocenters. The van der Waals surface area contributed by atoms with Crippen molar-refractivity contribution in [1.29, 1.82) is 0 Å². The van der Waals surface area contributed by atoms with E-state index in [0.717, 1.165) is 28.8 Å². The van der Waals surface area contributed by atoms with Crippen LogP contribution in [0.2, 0.25) is 0 Å². The van der Waals surface area contributed by atoms with E-state index < -0.39 is 0 Å². The number of fused-ring (bicyclic) bond motifs is 2. The van der Waals surface area contributed by atoms with Crippen LogP contribution in [0.4, 0.5) is 0 Å². The van der Waals surface area contributed by atoms with Gasteiger partial charge in [-0.15, -0.1) is 11.6 Å². The SMILES string of the molecule is Cn1c(-c2ccccc2)c([C@H]2c3ccccc3C(=O)N2CCCCl)c2ccccc21. The summed E-state index contributed by atoms with van der Waals surface area (Å²) in [4.78, 5) is 15.4. The summed E-state index contributed by atoms with van der Waals surface area (Å²) in [6.07, 6.45) is 0.767. The maximum absolute atomic E-state index is 13.4. The van der Waals surface area contributed by atoms with Crippen molar-refractivity contribution in [3.05, 3.63) is 95.6 Å². The maximum Gasteiger partial charge on any atom is 0.255 e. The molecule has 0 aliphatic carbocycles. The first-order chi connectivity index (χ1) is 14.7. The number of carbonyl (C=O) groups excluding carboxylic acids is 1. The molecule has 1 aliphatic rings. The standard InChI is InChI=1S/C26H23ClN2O/c1-28-22-15-8-7-14-21(22)23(24(28)18-10-3-2-4-11-18)25-19-12-5-6-13-20(19)26(30)29(25)17-9-16-27/h2-8,10-15,25H,9,16-17H2,1H3/t25-/m1/s1. The Morgan fingerprint density at radius 3 is 2.40 bits per heavy atom. The van der Waals surface area contributed by atoms with Crippen LogP contribution in [-0.4, -0.2) is 27.8 Å². The van der Waals surface area contributed by atoms with Gasteiger partial charge in [0.15, 0.2) is 0 Å². The number of hydrogen-bond acceptors (Lipinski definition) is 1. The molecule has 1 aliphatic heterocycles. The number of alkyl halides is 1. The predicted octanol–water partition coefficient (Wildman–Crippen LogP) is 6.02. The second-order valence-corrected chi connectivity index (χ2v) is 8.11. The van der Waals surface area contributed by atoms with Crippen LogP contribution in [0.5, 0.6) is 0 Å². The average Bonchev–Trinajstić information content (AvgIpc) is 3.24. The highest BCUT2D eigenvalue weighted by atomic mass is 35.5. The molecule has 5 rings (SSSR count). The van der Waals surface area contributed by atoms with E-state index in [4.69, 9.17) is 11.6 Å². The van der Waals surface area contributed by atoms with Gasteiger partial charge in [-0.1, -0.05) is 66.7 Å². The van der Waals surface area contributed by atoms with Crippen molar-refractivity contribution < 1.29 is 4.79 Å². The highest BCUT2D eigenvalue weighted by molar-refractivity contribution is 6.17. The van der Waals surface area contributed by atoms with Gasteiger partial charge in [0.25, 0.3) is 5.91 Å². The Kier molecular flexibility index (Phi) is 4.84. The Labute approximate surface area is 181 Å². The van der Waals surface area contributed by atoms with E-state index in [-0.39, 0.29) is 11.9 Å². The van der Waals surface area contributed by atoms with Crippen LogP contribution in [0, 0.1) is 0 Å². The van der Waals surface area contributed by atoms with Gasteiger partial charge in [0.1, 0.15) is 0 Å². The third-order valence-corrected chi connectivity index (χ3v) is 6.32. The zero-order valence-corrected chi connectivity index (χ0v) is 17.6. The van der Waals surface area contributed by atoms with Gasteiger partial charge in [0.2, 0.25) is 0 Å². The van der Waals surface area contributed by atoms with Gasteiger partial charge in [0, 0.05) is 41.5 Å². The first-order valence-corrected chi connectivity index (χ1v) is 10.8. The molecule has 0 radical (unpaired) electrons. The number of para-hydroxylation sites is 1. The molecule has 0 saturated carbocycles. The molecule has 4 heteroatoms. The molecule has 2 heterocycles. The summed E-state index contributed by atoms with van der Waals surface area (Å²) >= 11 is 6.02. The van der Waals surface area contributed by atoms with Gasteiger partial charge in [-0.05, 0) is 29.7 Å². The topological polar surface area (TPSA) is 25.2 Å². The summed E-state index contributed by atoms with van der Waals surface area (Å²) in [5.41, 5.74) is 6.53. The van der Waals surface area contributed by atoms with Crippen molar-refractivity contribution in [2.75, 3.05) is 12.4 Å². The molecular weight excluding hydrogens is 392 g/mol. The molecule has 150 valence electrons. The van der Waals surface area contributed by atoms with Gasteiger partial charge in [-0.3, -0.25) is 4.79 Å². The molecule has 0 saturated heterocycles. The van der Waals surface area contributed by atoms with Gasteiger partial charge in [0.05, 0.1) is 11.7 Å². The van der Waals surface area contributed by atoms with Crippen molar-refractivity contribution >= 4 is 28.4 Å². The summed E-state index contributed by atoms with van der Waals surface area (Å²) in [6, 6.07) is 26.8. The lowest BCUT2D eigenvalue weighted by molar-refractivity contribution is 0.0751. The normalized spacial score (nSPS) is 15.7. The number of nitrogens with zero attached hydrogens (tertiary/aromatic N) is 2. The third kappa shape index (κ3) is 2.85. The number of halogens is 1. The number of amides is 1. The summed E-state index contributed by atoms with van der Waals surface area (Å²) in [5, 5.41) is 1.18. The number of hydrogen-bond donors (Lipinski definition) is 0. The van der Waals surface area contributed by atoms with Crippen LogP contribution < -0.4 is 0 Å². The Morgan fingerprint density at radius 2 is 1.60 bits per heavy atom. The molecule has 1 aromatic heterocycles. The van der Waals surface area contributed by atoms with Gasteiger partial charge in [-0.2, -0.15) is 0 Å². The molecule has 1 atom stereocenters. The Bertz CT molecular complexity index is 1230. The van der Waals surface area contributed by atoms with E-state index in [9.17, 15) is 4.79 Å². The second-order valence-electron chi connectivity index (χ2n) is 7.74. The smallest absolute Gasteiger partial charge is 0.255 e. The predicted molar refractivity (Wildman–Crippen MR) is 123 cm³/mol. The molecule has 3 nitrogen and oxygen atoms in total. The summed E-state index contributed by atoms with van der Waals surface area (Å²) < 4.78 is 2.26. The number of benzene rings is 3. The molecule has 0 bridgehead atoms. The molecule has 0 N–H and O–H groups in total. The number of carbonyl (C=O) groups is 1. The van der Waals surface area contributed by atoms with Crippen LogP contribution in [0.3, 0.4) is 0 Å². The van der Waals surface area contributed by atoms with Crippen molar-refractivity contribution in [3.63, 3.8) is 0 Å². The molecular formula is C26H23ClN2O. The first-order valence-electron chi connectivity index (χ1n) is 10.3. The van der Waals surface area contributed by atoms with Crippen LogP contribution in [0.1, 0.15) is 33.9 Å². The highest BCUT2D eigenvalue weighted by Gasteiger charge is 2.40. The van der Waals surface area contributed by atoms with E-state index in [2.05, 4.69) is 66.2 Å².